The van der Waals surface area contributed by atoms with E-state index < -0.39 is 5.92 Å². The van der Waals surface area contributed by atoms with E-state index >= 15 is 0 Å². The SMILES string of the molecule is CC(=O)c1ccc(C(=O)Nc2cccc(C(=O)c3ccc4c(c3)NC(=O)C4C=Nc3ccc(N4CCN(C)CC4)cc3)c2)s1. The number of benzene rings is 3. The van der Waals surface area contributed by atoms with Gasteiger partial charge in [-0.3, -0.25) is 24.2 Å². The number of piperazine rings is 1. The monoisotopic (exact) mass is 605 g/mol. The van der Waals surface area contributed by atoms with Gasteiger partial charge in [0.25, 0.3) is 5.91 Å². The number of nitrogens with one attached hydrogen (secondary N) is 2. The van der Waals surface area contributed by atoms with Gasteiger partial charge in [-0.2, -0.15) is 0 Å². The van der Waals surface area contributed by atoms with Crippen LogP contribution < -0.4 is 15.5 Å². The van der Waals surface area contributed by atoms with E-state index in [2.05, 4.69) is 44.6 Å². The summed E-state index contributed by atoms with van der Waals surface area (Å²) in [5.74, 6) is -1.46. The van der Waals surface area contributed by atoms with Gasteiger partial charge in [-0.15, -0.1) is 11.3 Å². The highest BCUT2D eigenvalue weighted by Gasteiger charge is 2.30. The average molecular weight is 606 g/mol. The van der Waals surface area contributed by atoms with Crippen LogP contribution in [0.2, 0.25) is 0 Å². The molecule has 1 atom stereocenters. The number of amides is 2. The molecule has 3 heterocycles. The second-order valence-electron chi connectivity index (χ2n) is 10.9. The summed E-state index contributed by atoms with van der Waals surface area (Å²) in [6.07, 6.45) is 1.65. The fraction of sp³-hybridized carbons (Fsp3) is 0.206. The van der Waals surface area contributed by atoms with Gasteiger partial charge in [0.2, 0.25) is 5.91 Å². The minimum absolute atomic E-state index is 0.0998. The standard InChI is InChI=1S/C34H31N5O4S/c1-21(40)30-12-13-31(44-30)34(43)36-25-5-3-4-22(18-25)32(41)23-6-11-27-28(33(42)37-29(27)19-23)20-35-24-7-9-26(10-8-24)39-16-14-38(2)15-17-39/h3-13,18-20,28H,14-17H2,1-2H3,(H,36,43)(H,37,42). The molecule has 1 aromatic heterocycles. The summed E-state index contributed by atoms with van der Waals surface area (Å²) in [6, 6.07) is 23.1. The maximum Gasteiger partial charge on any atom is 0.265 e. The molecule has 0 saturated carbocycles. The Labute approximate surface area is 259 Å². The molecule has 2 amide bonds. The Morgan fingerprint density at radius 3 is 2.36 bits per heavy atom. The third-order valence-corrected chi connectivity index (χ3v) is 9.03. The fourth-order valence-corrected chi connectivity index (χ4v) is 6.09. The molecule has 0 aliphatic carbocycles. The number of hydrogen-bond donors (Lipinski definition) is 2. The molecule has 4 aromatic rings. The predicted molar refractivity (Wildman–Crippen MR) is 174 cm³/mol. The molecule has 2 aliphatic rings. The maximum absolute atomic E-state index is 13.4. The lowest BCUT2D eigenvalue weighted by atomic mass is 9.97. The van der Waals surface area contributed by atoms with Crippen molar-refractivity contribution in [2.24, 2.45) is 4.99 Å². The second-order valence-corrected chi connectivity index (χ2v) is 12.0. The van der Waals surface area contributed by atoms with Crippen molar-refractivity contribution < 1.29 is 19.2 Å². The van der Waals surface area contributed by atoms with Gasteiger partial charge < -0.3 is 20.4 Å². The number of ketones is 2. The largest absolute Gasteiger partial charge is 0.369 e. The molecule has 1 fully saturated rings. The first-order valence-corrected chi connectivity index (χ1v) is 15.2. The number of Topliss-reactive ketones (excluding diaryl/α,β-unsaturated/α-hetero) is 1. The van der Waals surface area contributed by atoms with Gasteiger partial charge in [-0.25, -0.2) is 0 Å². The first-order chi connectivity index (χ1) is 21.2. The highest BCUT2D eigenvalue weighted by molar-refractivity contribution is 7.16. The second kappa shape index (κ2) is 12.4. The Balaban J connectivity index is 1.13. The minimum atomic E-state index is -0.564. The van der Waals surface area contributed by atoms with Crippen molar-refractivity contribution in [3.05, 3.63) is 105 Å². The van der Waals surface area contributed by atoms with Gasteiger partial charge in [0.1, 0.15) is 5.92 Å². The van der Waals surface area contributed by atoms with Gasteiger partial charge >= 0.3 is 0 Å². The number of likely N-dealkylation sites (N-methyl/N-ethyl adjacent to an activating group) is 1. The number of carbonyl (C=O) groups is 4. The Hall–Kier alpha value is -4.93. The van der Waals surface area contributed by atoms with Crippen molar-refractivity contribution in [3.8, 4) is 0 Å². The van der Waals surface area contributed by atoms with Crippen LogP contribution in [-0.4, -0.2) is 67.7 Å². The van der Waals surface area contributed by atoms with Crippen LogP contribution in [0.5, 0.6) is 0 Å². The van der Waals surface area contributed by atoms with Crippen LogP contribution in [0.3, 0.4) is 0 Å². The summed E-state index contributed by atoms with van der Waals surface area (Å²) in [7, 11) is 2.13. The summed E-state index contributed by atoms with van der Waals surface area (Å²) in [6.45, 7) is 5.51. The topological polar surface area (TPSA) is 111 Å². The van der Waals surface area contributed by atoms with E-state index in [1.54, 1.807) is 60.8 Å². The number of fused-ring (bicyclic) bond motifs is 1. The van der Waals surface area contributed by atoms with Gasteiger partial charge in [-0.05, 0) is 74.1 Å². The number of aliphatic imine (C=N–C) groups is 1. The lowest BCUT2D eigenvalue weighted by Gasteiger charge is -2.34. The van der Waals surface area contributed by atoms with E-state index in [1.165, 1.54) is 6.92 Å². The van der Waals surface area contributed by atoms with Gasteiger partial charge in [0.05, 0.1) is 15.4 Å². The molecule has 6 rings (SSSR count). The molecule has 1 saturated heterocycles. The molecule has 3 aromatic carbocycles. The Morgan fingerprint density at radius 2 is 1.64 bits per heavy atom. The van der Waals surface area contributed by atoms with Crippen LogP contribution in [0.1, 0.15) is 53.7 Å². The van der Waals surface area contributed by atoms with E-state index in [1.807, 2.05) is 12.1 Å². The molecule has 222 valence electrons. The molecule has 44 heavy (non-hydrogen) atoms. The van der Waals surface area contributed by atoms with Crippen molar-refractivity contribution >= 4 is 63.7 Å². The van der Waals surface area contributed by atoms with Crippen molar-refractivity contribution in [1.82, 2.24) is 4.90 Å². The van der Waals surface area contributed by atoms with Gasteiger partial charge in [-0.1, -0.05) is 24.3 Å². The summed E-state index contributed by atoms with van der Waals surface area (Å²) < 4.78 is 0. The van der Waals surface area contributed by atoms with Crippen LogP contribution in [0.25, 0.3) is 0 Å². The van der Waals surface area contributed by atoms with E-state index in [0.29, 0.717) is 32.3 Å². The van der Waals surface area contributed by atoms with Crippen LogP contribution in [0, 0.1) is 0 Å². The van der Waals surface area contributed by atoms with Crippen LogP contribution in [0.4, 0.5) is 22.7 Å². The highest BCUT2D eigenvalue weighted by atomic mass is 32.1. The van der Waals surface area contributed by atoms with E-state index in [-0.39, 0.29) is 23.4 Å². The fourth-order valence-electron chi connectivity index (χ4n) is 5.30. The molecule has 0 bridgehead atoms. The number of thiophene rings is 1. The molecule has 2 N–H and O–H groups in total. The molecule has 9 nitrogen and oxygen atoms in total. The van der Waals surface area contributed by atoms with E-state index in [9.17, 15) is 19.2 Å². The minimum Gasteiger partial charge on any atom is -0.369 e. The number of rotatable bonds is 8. The van der Waals surface area contributed by atoms with E-state index in [0.717, 1.165) is 54.5 Å². The van der Waals surface area contributed by atoms with Crippen LogP contribution in [-0.2, 0) is 4.79 Å². The third kappa shape index (κ3) is 6.22. The van der Waals surface area contributed by atoms with Crippen molar-refractivity contribution in [2.75, 3.05) is 48.8 Å². The predicted octanol–water partition coefficient (Wildman–Crippen LogP) is 5.62. The van der Waals surface area contributed by atoms with Gasteiger partial charge in [0, 0.05) is 60.6 Å². The quantitative estimate of drug-likeness (QED) is 0.199. The van der Waals surface area contributed by atoms with Crippen molar-refractivity contribution in [1.29, 1.82) is 0 Å². The van der Waals surface area contributed by atoms with Crippen LogP contribution >= 0.6 is 11.3 Å². The first kappa shape index (κ1) is 29.2. The summed E-state index contributed by atoms with van der Waals surface area (Å²) in [5, 5.41) is 5.67. The number of hydrogen-bond acceptors (Lipinski definition) is 8. The summed E-state index contributed by atoms with van der Waals surface area (Å²) in [5.41, 5.74) is 4.52. The molecular weight excluding hydrogens is 574 g/mol. The average Bonchev–Trinajstić information content (AvgIpc) is 3.65. The Morgan fingerprint density at radius 1 is 0.909 bits per heavy atom. The lowest BCUT2D eigenvalue weighted by Crippen LogP contribution is -2.44. The zero-order chi connectivity index (χ0) is 30.8. The van der Waals surface area contributed by atoms with Crippen molar-refractivity contribution in [3.63, 3.8) is 0 Å². The molecule has 10 heteroatoms. The smallest absolute Gasteiger partial charge is 0.265 e. The first-order valence-electron chi connectivity index (χ1n) is 14.3. The highest BCUT2D eigenvalue weighted by Crippen LogP contribution is 2.34. The Kier molecular flexibility index (Phi) is 8.19. The van der Waals surface area contributed by atoms with E-state index in [4.69, 9.17) is 0 Å². The number of carbonyl (C=O) groups excluding carboxylic acids is 4. The Bertz CT molecular complexity index is 1790. The number of anilines is 3. The summed E-state index contributed by atoms with van der Waals surface area (Å²) >= 11 is 1.12. The van der Waals surface area contributed by atoms with Gasteiger partial charge in [0.15, 0.2) is 11.6 Å². The normalized spacial score (nSPS) is 16.5. The molecule has 0 radical (unpaired) electrons. The van der Waals surface area contributed by atoms with Crippen molar-refractivity contribution in [2.45, 2.75) is 12.8 Å². The molecule has 1 unspecified atom stereocenters. The molecular formula is C34H31N5O4S. The zero-order valence-corrected chi connectivity index (χ0v) is 25.2. The number of nitrogens with zero attached hydrogens (tertiary/aromatic N) is 3. The lowest BCUT2D eigenvalue weighted by molar-refractivity contribution is -0.115. The maximum atomic E-state index is 13.4. The zero-order valence-electron chi connectivity index (χ0n) is 24.4. The molecule has 0 spiro atoms. The summed E-state index contributed by atoms with van der Waals surface area (Å²) in [4.78, 5) is 60.6. The third-order valence-electron chi connectivity index (χ3n) is 7.84. The van der Waals surface area contributed by atoms with Crippen LogP contribution in [0.15, 0.2) is 83.9 Å². The molecule has 2 aliphatic heterocycles.